The molecule has 0 radical (unpaired) electrons. The van der Waals surface area contributed by atoms with Crippen LogP contribution in [0.15, 0.2) is 30.4 Å². The van der Waals surface area contributed by atoms with Crippen molar-refractivity contribution in [2.45, 2.75) is 19.4 Å². The third kappa shape index (κ3) is 3.98. The van der Waals surface area contributed by atoms with Crippen molar-refractivity contribution >= 4 is 12.4 Å². The quantitative estimate of drug-likeness (QED) is 0.796. The highest BCUT2D eigenvalue weighted by atomic mass is 35.5. The standard InChI is InChI=1S/C11H13F2N.ClH/c1-7(2)5-11(14)9-4-3-8(12)6-10(9)13;/h3-4,6,11H,1,5,14H2,2H3;1H/t11-;/m1./s1. The van der Waals surface area contributed by atoms with Crippen LogP contribution >= 0.6 is 12.4 Å². The molecule has 0 fully saturated rings. The third-order valence-electron chi connectivity index (χ3n) is 1.93. The molecule has 2 N–H and O–H groups in total. The normalized spacial score (nSPS) is 11.7. The van der Waals surface area contributed by atoms with E-state index in [9.17, 15) is 8.78 Å². The van der Waals surface area contributed by atoms with Crippen LogP contribution in [-0.4, -0.2) is 0 Å². The Labute approximate surface area is 94.4 Å². The zero-order valence-electron chi connectivity index (χ0n) is 8.47. The van der Waals surface area contributed by atoms with E-state index in [2.05, 4.69) is 6.58 Å². The van der Waals surface area contributed by atoms with Gasteiger partial charge in [0.25, 0.3) is 0 Å². The average molecular weight is 234 g/mol. The molecular formula is C11H14ClF2N. The Kier molecular flexibility index (Phi) is 5.47. The Bertz CT molecular complexity index is 352. The highest BCUT2D eigenvalue weighted by molar-refractivity contribution is 5.85. The Morgan fingerprint density at radius 1 is 1.47 bits per heavy atom. The molecule has 0 amide bonds. The second kappa shape index (κ2) is 5.83. The summed E-state index contributed by atoms with van der Waals surface area (Å²) < 4.78 is 25.8. The van der Waals surface area contributed by atoms with Gasteiger partial charge in [0.15, 0.2) is 0 Å². The smallest absolute Gasteiger partial charge is 0.130 e. The van der Waals surface area contributed by atoms with Crippen LogP contribution in [0, 0.1) is 11.6 Å². The van der Waals surface area contributed by atoms with Gasteiger partial charge in [0.2, 0.25) is 0 Å². The topological polar surface area (TPSA) is 26.0 Å². The van der Waals surface area contributed by atoms with Crippen LogP contribution in [0.2, 0.25) is 0 Å². The van der Waals surface area contributed by atoms with E-state index in [4.69, 9.17) is 5.73 Å². The van der Waals surface area contributed by atoms with Gasteiger partial charge >= 0.3 is 0 Å². The lowest BCUT2D eigenvalue weighted by Crippen LogP contribution is -2.12. The first-order valence-electron chi connectivity index (χ1n) is 4.35. The van der Waals surface area contributed by atoms with E-state index in [0.717, 1.165) is 11.6 Å². The van der Waals surface area contributed by atoms with Crippen LogP contribution in [-0.2, 0) is 0 Å². The predicted octanol–water partition coefficient (Wildman–Crippen LogP) is 3.35. The molecule has 1 aromatic carbocycles. The minimum absolute atomic E-state index is 0. The summed E-state index contributed by atoms with van der Waals surface area (Å²) >= 11 is 0. The molecule has 0 saturated heterocycles. The zero-order valence-corrected chi connectivity index (χ0v) is 9.28. The summed E-state index contributed by atoms with van der Waals surface area (Å²) in [5.74, 6) is -1.19. The molecule has 0 aliphatic rings. The maximum absolute atomic E-state index is 13.2. The first-order valence-corrected chi connectivity index (χ1v) is 4.35. The van der Waals surface area contributed by atoms with Crippen molar-refractivity contribution in [3.05, 3.63) is 47.5 Å². The van der Waals surface area contributed by atoms with Crippen molar-refractivity contribution in [3.63, 3.8) is 0 Å². The fourth-order valence-electron chi connectivity index (χ4n) is 1.29. The van der Waals surface area contributed by atoms with Crippen LogP contribution in [0.1, 0.15) is 24.9 Å². The molecule has 15 heavy (non-hydrogen) atoms. The van der Waals surface area contributed by atoms with Crippen LogP contribution in [0.25, 0.3) is 0 Å². The van der Waals surface area contributed by atoms with Gasteiger partial charge in [0.05, 0.1) is 0 Å². The van der Waals surface area contributed by atoms with Crippen molar-refractivity contribution in [3.8, 4) is 0 Å². The zero-order chi connectivity index (χ0) is 10.7. The first kappa shape index (κ1) is 14.1. The van der Waals surface area contributed by atoms with E-state index < -0.39 is 17.7 Å². The molecule has 0 unspecified atom stereocenters. The van der Waals surface area contributed by atoms with Crippen molar-refractivity contribution in [1.29, 1.82) is 0 Å². The van der Waals surface area contributed by atoms with Crippen LogP contribution < -0.4 is 5.73 Å². The Hall–Kier alpha value is -0.930. The number of rotatable bonds is 3. The van der Waals surface area contributed by atoms with Crippen molar-refractivity contribution in [2.24, 2.45) is 5.73 Å². The van der Waals surface area contributed by atoms with E-state index in [1.807, 2.05) is 6.92 Å². The van der Waals surface area contributed by atoms with E-state index >= 15 is 0 Å². The maximum Gasteiger partial charge on any atom is 0.130 e. The summed E-state index contributed by atoms with van der Waals surface area (Å²) in [7, 11) is 0. The van der Waals surface area contributed by atoms with Crippen LogP contribution in [0.3, 0.4) is 0 Å². The van der Waals surface area contributed by atoms with E-state index in [1.165, 1.54) is 12.1 Å². The molecule has 1 aromatic rings. The molecule has 0 heterocycles. The molecule has 0 bridgehead atoms. The summed E-state index contributed by atoms with van der Waals surface area (Å²) in [4.78, 5) is 0. The second-order valence-electron chi connectivity index (χ2n) is 3.43. The van der Waals surface area contributed by atoms with Gasteiger partial charge in [-0.2, -0.15) is 0 Å². The van der Waals surface area contributed by atoms with Gasteiger partial charge in [-0.25, -0.2) is 8.78 Å². The molecule has 0 saturated carbocycles. The minimum Gasteiger partial charge on any atom is -0.324 e. The minimum atomic E-state index is -0.598. The molecule has 0 aromatic heterocycles. The molecule has 0 spiro atoms. The molecule has 1 rings (SSSR count). The van der Waals surface area contributed by atoms with Gasteiger partial charge in [-0.05, 0) is 19.4 Å². The number of benzene rings is 1. The lowest BCUT2D eigenvalue weighted by molar-refractivity contribution is 0.554. The van der Waals surface area contributed by atoms with Gasteiger partial charge in [-0.3, -0.25) is 0 Å². The highest BCUT2D eigenvalue weighted by Crippen LogP contribution is 2.21. The molecular weight excluding hydrogens is 220 g/mol. The van der Waals surface area contributed by atoms with Gasteiger partial charge in [-0.1, -0.05) is 11.6 Å². The van der Waals surface area contributed by atoms with Crippen LogP contribution in [0.5, 0.6) is 0 Å². The average Bonchev–Trinajstić information content (AvgIpc) is 2.01. The molecule has 1 nitrogen and oxygen atoms in total. The van der Waals surface area contributed by atoms with Crippen molar-refractivity contribution in [1.82, 2.24) is 0 Å². The largest absolute Gasteiger partial charge is 0.324 e. The number of nitrogens with two attached hydrogens (primary N) is 1. The maximum atomic E-state index is 13.2. The number of hydrogen-bond donors (Lipinski definition) is 1. The molecule has 1 atom stereocenters. The van der Waals surface area contributed by atoms with Gasteiger partial charge in [0, 0.05) is 17.7 Å². The summed E-state index contributed by atoms with van der Waals surface area (Å²) in [5.41, 5.74) is 6.93. The monoisotopic (exact) mass is 233 g/mol. The number of hydrogen-bond acceptors (Lipinski definition) is 1. The van der Waals surface area contributed by atoms with Gasteiger partial charge < -0.3 is 5.73 Å². The second-order valence-corrected chi connectivity index (χ2v) is 3.43. The SMILES string of the molecule is C=C(C)C[C@@H](N)c1ccc(F)cc1F.Cl. The number of halogens is 3. The summed E-state index contributed by atoms with van der Waals surface area (Å²) in [6, 6.07) is 2.97. The summed E-state index contributed by atoms with van der Waals surface area (Å²) in [6.45, 7) is 5.51. The Morgan fingerprint density at radius 3 is 2.53 bits per heavy atom. The van der Waals surface area contributed by atoms with E-state index in [1.54, 1.807) is 0 Å². The molecule has 84 valence electrons. The molecule has 0 aliphatic heterocycles. The lowest BCUT2D eigenvalue weighted by Gasteiger charge is -2.12. The van der Waals surface area contributed by atoms with E-state index in [-0.39, 0.29) is 12.4 Å². The Balaban J connectivity index is 0.00000196. The lowest BCUT2D eigenvalue weighted by atomic mass is 10.0. The van der Waals surface area contributed by atoms with Gasteiger partial charge in [-0.15, -0.1) is 19.0 Å². The van der Waals surface area contributed by atoms with Gasteiger partial charge in [0.1, 0.15) is 11.6 Å². The molecule has 4 heteroatoms. The summed E-state index contributed by atoms with van der Waals surface area (Å²) in [6.07, 6.45) is 0.503. The molecule has 0 aliphatic carbocycles. The predicted molar refractivity (Wildman–Crippen MR) is 60.0 cm³/mol. The fraction of sp³-hybridized carbons (Fsp3) is 0.273. The Morgan fingerprint density at radius 2 is 2.07 bits per heavy atom. The highest BCUT2D eigenvalue weighted by Gasteiger charge is 2.11. The third-order valence-corrected chi connectivity index (χ3v) is 1.93. The van der Waals surface area contributed by atoms with Crippen molar-refractivity contribution < 1.29 is 8.78 Å². The fourth-order valence-corrected chi connectivity index (χ4v) is 1.29. The van der Waals surface area contributed by atoms with Crippen molar-refractivity contribution in [2.75, 3.05) is 0 Å². The first-order chi connectivity index (χ1) is 6.50. The summed E-state index contributed by atoms with van der Waals surface area (Å²) in [5, 5.41) is 0. The van der Waals surface area contributed by atoms with E-state index in [0.29, 0.717) is 12.0 Å². The van der Waals surface area contributed by atoms with Crippen LogP contribution in [0.4, 0.5) is 8.78 Å².